The molecule has 8 nitrogen and oxygen atoms in total. The molecule has 0 saturated carbocycles. The molecule has 2 fully saturated rings. The largest absolute Gasteiger partial charge is 0.374 e. The van der Waals surface area contributed by atoms with Gasteiger partial charge >= 0.3 is 0 Å². The molecular weight excluding hydrogens is 320 g/mol. The van der Waals surface area contributed by atoms with E-state index >= 15 is 0 Å². The fraction of sp³-hybridized carbons (Fsp3) is 0.471. The van der Waals surface area contributed by atoms with Crippen LogP contribution in [0.3, 0.4) is 0 Å². The summed E-state index contributed by atoms with van der Waals surface area (Å²) in [6.45, 7) is 3.50. The lowest BCUT2D eigenvalue weighted by Crippen LogP contribution is -2.49. The van der Waals surface area contributed by atoms with Crippen molar-refractivity contribution in [1.82, 2.24) is 24.8 Å². The molecule has 130 valence electrons. The van der Waals surface area contributed by atoms with E-state index in [1.54, 1.807) is 24.8 Å². The molecule has 2 atom stereocenters. The molecule has 1 amide bonds. The van der Waals surface area contributed by atoms with E-state index < -0.39 is 0 Å². The Balaban J connectivity index is 1.44. The third-order valence-corrected chi connectivity index (χ3v) is 4.75. The molecule has 2 aliphatic heterocycles. The number of anilines is 1. The minimum atomic E-state index is -0.0809. The average Bonchev–Trinajstić information content (AvgIpc) is 2.90. The van der Waals surface area contributed by atoms with Crippen LogP contribution in [0.5, 0.6) is 0 Å². The van der Waals surface area contributed by atoms with Gasteiger partial charge < -0.3 is 14.5 Å². The van der Waals surface area contributed by atoms with Crippen molar-refractivity contribution in [3.8, 4) is 0 Å². The number of hydrogen-bond acceptors (Lipinski definition) is 7. The van der Waals surface area contributed by atoms with Crippen LogP contribution in [-0.4, -0.2) is 69.6 Å². The molecule has 0 aliphatic carbocycles. The smallest absolute Gasteiger partial charge is 0.274 e. The molecular formula is C17H20N6O2. The van der Waals surface area contributed by atoms with Gasteiger partial charge in [0.2, 0.25) is 5.95 Å². The molecule has 4 heterocycles. The fourth-order valence-corrected chi connectivity index (χ4v) is 3.44. The first-order valence-electron chi connectivity index (χ1n) is 8.50. The highest BCUT2D eigenvalue weighted by molar-refractivity contribution is 5.92. The Morgan fingerprint density at radius 2 is 1.96 bits per heavy atom. The highest BCUT2D eigenvalue weighted by Crippen LogP contribution is 2.26. The lowest BCUT2D eigenvalue weighted by Gasteiger charge is -2.37. The number of likely N-dealkylation sites (tertiary alicyclic amines) is 1. The quantitative estimate of drug-likeness (QED) is 0.793. The third kappa shape index (κ3) is 3.43. The molecule has 2 aromatic rings. The first kappa shape index (κ1) is 15.9. The van der Waals surface area contributed by atoms with Crippen molar-refractivity contribution in [3.05, 3.63) is 42.7 Å². The summed E-state index contributed by atoms with van der Waals surface area (Å²) in [6.07, 6.45) is 9.05. The van der Waals surface area contributed by atoms with Gasteiger partial charge in [-0.15, -0.1) is 0 Å². The summed E-state index contributed by atoms with van der Waals surface area (Å²) in [5.41, 5.74) is 0.383. The van der Waals surface area contributed by atoms with Gasteiger partial charge in [0.15, 0.2) is 0 Å². The van der Waals surface area contributed by atoms with Crippen molar-refractivity contribution in [2.24, 2.45) is 5.92 Å². The Morgan fingerprint density at radius 1 is 1.08 bits per heavy atom. The van der Waals surface area contributed by atoms with Crippen molar-refractivity contribution in [3.63, 3.8) is 0 Å². The van der Waals surface area contributed by atoms with E-state index in [-0.39, 0.29) is 12.0 Å². The number of carbonyl (C=O) groups is 1. The Hall–Kier alpha value is -2.61. The van der Waals surface area contributed by atoms with Gasteiger partial charge in [-0.1, -0.05) is 0 Å². The number of carbonyl (C=O) groups excluding carboxylic acids is 1. The predicted octanol–water partition coefficient (Wildman–Crippen LogP) is 0.634. The van der Waals surface area contributed by atoms with Gasteiger partial charge in [0.25, 0.3) is 5.91 Å². The second-order valence-corrected chi connectivity index (χ2v) is 6.29. The van der Waals surface area contributed by atoms with Crippen LogP contribution >= 0.6 is 0 Å². The first-order valence-corrected chi connectivity index (χ1v) is 8.50. The summed E-state index contributed by atoms with van der Waals surface area (Å²) in [5, 5.41) is 0. The minimum absolute atomic E-state index is 0.0306. The minimum Gasteiger partial charge on any atom is -0.374 e. The maximum atomic E-state index is 12.6. The van der Waals surface area contributed by atoms with Crippen LogP contribution < -0.4 is 4.90 Å². The van der Waals surface area contributed by atoms with E-state index in [2.05, 4.69) is 24.8 Å². The second-order valence-electron chi connectivity index (χ2n) is 6.29. The molecule has 0 unspecified atom stereocenters. The van der Waals surface area contributed by atoms with Crippen LogP contribution in [0.2, 0.25) is 0 Å². The predicted molar refractivity (Wildman–Crippen MR) is 90.0 cm³/mol. The zero-order chi connectivity index (χ0) is 17.1. The number of rotatable bonds is 2. The van der Waals surface area contributed by atoms with Crippen molar-refractivity contribution in [1.29, 1.82) is 0 Å². The van der Waals surface area contributed by atoms with E-state index in [1.165, 1.54) is 6.20 Å². The normalized spacial score (nSPS) is 23.7. The molecule has 25 heavy (non-hydrogen) atoms. The lowest BCUT2D eigenvalue weighted by molar-refractivity contribution is -0.0170. The number of fused-ring (bicyclic) bond motifs is 1. The van der Waals surface area contributed by atoms with Crippen LogP contribution in [0.1, 0.15) is 16.9 Å². The molecule has 0 bridgehead atoms. The summed E-state index contributed by atoms with van der Waals surface area (Å²) in [6, 6.07) is 1.82. The second kappa shape index (κ2) is 7.10. The highest BCUT2D eigenvalue weighted by atomic mass is 16.5. The Labute approximate surface area is 145 Å². The van der Waals surface area contributed by atoms with Crippen molar-refractivity contribution < 1.29 is 9.53 Å². The molecule has 0 N–H and O–H groups in total. The van der Waals surface area contributed by atoms with E-state index in [9.17, 15) is 4.79 Å². The number of aromatic nitrogens is 4. The van der Waals surface area contributed by atoms with Gasteiger partial charge in [0.05, 0.1) is 18.9 Å². The number of hydrogen-bond donors (Lipinski definition) is 0. The summed E-state index contributed by atoms with van der Waals surface area (Å²) in [5.74, 6) is 1.02. The van der Waals surface area contributed by atoms with Gasteiger partial charge in [-0.2, -0.15) is 0 Å². The van der Waals surface area contributed by atoms with Gasteiger partial charge in [-0.25, -0.2) is 15.0 Å². The summed E-state index contributed by atoms with van der Waals surface area (Å²) >= 11 is 0. The number of amides is 1. The fourth-order valence-electron chi connectivity index (χ4n) is 3.44. The lowest BCUT2D eigenvalue weighted by atomic mass is 9.93. The van der Waals surface area contributed by atoms with Crippen LogP contribution in [0.15, 0.2) is 37.1 Å². The maximum Gasteiger partial charge on any atom is 0.274 e. The molecule has 2 aliphatic rings. The van der Waals surface area contributed by atoms with Crippen LogP contribution in [0.4, 0.5) is 5.95 Å². The van der Waals surface area contributed by atoms with Gasteiger partial charge in [0, 0.05) is 56.9 Å². The van der Waals surface area contributed by atoms with Gasteiger partial charge in [-0.05, 0) is 12.5 Å². The molecule has 4 rings (SSSR count). The van der Waals surface area contributed by atoms with E-state index in [4.69, 9.17) is 4.74 Å². The first-order chi connectivity index (χ1) is 12.3. The molecule has 0 aromatic carbocycles. The molecule has 2 saturated heterocycles. The van der Waals surface area contributed by atoms with E-state index in [0.717, 1.165) is 25.5 Å². The highest BCUT2D eigenvalue weighted by Gasteiger charge is 2.36. The zero-order valence-electron chi connectivity index (χ0n) is 13.9. The Kier molecular flexibility index (Phi) is 4.51. The number of piperidine rings is 1. The molecule has 0 spiro atoms. The van der Waals surface area contributed by atoms with Gasteiger partial charge in [-0.3, -0.25) is 9.78 Å². The number of ether oxygens (including phenoxy) is 1. The van der Waals surface area contributed by atoms with Crippen molar-refractivity contribution in [2.45, 2.75) is 12.5 Å². The molecule has 2 aromatic heterocycles. The SMILES string of the molecule is O=C(c1cnccn1)N1CC[C@H]2CN(c3ncccn3)CCO[C@H]2C1. The third-order valence-electron chi connectivity index (χ3n) is 4.75. The molecule has 8 heteroatoms. The monoisotopic (exact) mass is 340 g/mol. The standard InChI is InChI=1S/C17H20N6O2/c24-16(14-10-18-5-6-19-14)22-7-2-13-11-23(8-9-25-15(13)12-22)17-20-3-1-4-21-17/h1,3-6,10,13,15H,2,7-9,11-12H2/t13-,15-/m0/s1. The van der Waals surface area contributed by atoms with E-state index in [1.807, 2.05) is 11.0 Å². The summed E-state index contributed by atoms with van der Waals surface area (Å²) in [7, 11) is 0. The van der Waals surface area contributed by atoms with Crippen molar-refractivity contribution in [2.75, 3.05) is 37.7 Å². The molecule has 0 radical (unpaired) electrons. The van der Waals surface area contributed by atoms with Crippen molar-refractivity contribution >= 4 is 11.9 Å². The summed E-state index contributed by atoms with van der Waals surface area (Å²) in [4.78, 5) is 33.3. The van der Waals surface area contributed by atoms with Gasteiger partial charge in [0.1, 0.15) is 5.69 Å². The summed E-state index contributed by atoms with van der Waals surface area (Å²) < 4.78 is 6.05. The van der Waals surface area contributed by atoms with E-state index in [0.29, 0.717) is 31.3 Å². The average molecular weight is 340 g/mol. The topological polar surface area (TPSA) is 84.3 Å². The number of nitrogens with zero attached hydrogens (tertiary/aromatic N) is 6. The Bertz CT molecular complexity index is 714. The zero-order valence-corrected chi connectivity index (χ0v) is 13.9. The van der Waals surface area contributed by atoms with Crippen LogP contribution in [-0.2, 0) is 4.74 Å². The van der Waals surface area contributed by atoms with Crippen LogP contribution in [0.25, 0.3) is 0 Å². The van der Waals surface area contributed by atoms with Crippen LogP contribution in [0, 0.1) is 5.92 Å². The maximum absolute atomic E-state index is 12.6. The Morgan fingerprint density at radius 3 is 2.76 bits per heavy atom.